The Bertz CT molecular complexity index is 794. The molecule has 0 aliphatic heterocycles. The minimum absolute atomic E-state index is 0.153. The number of carbonyl (C=O) groups is 1. The first-order valence-electron chi connectivity index (χ1n) is 6.21. The van der Waals surface area contributed by atoms with Gasteiger partial charge in [-0.25, -0.2) is 9.37 Å². The number of halogens is 1. The lowest BCUT2D eigenvalue weighted by Crippen LogP contribution is -2.10. The van der Waals surface area contributed by atoms with Gasteiger partial charge in [-0.3, -0.25) is 4.79 Å². The van der Waals surface area contributed by atoms with Gasteiger partial charge in [-0.2, -0.15) is 0 Å². The Kier molecular flexibility index (Phi) is 3.53. The molecule has 3 rings (SSSR count). The minimum Gasteiger partial charge on any atom is -0.449 e. The molecule has 0 radical (unpaired) electrons. The number of rotatable bonds is 3. The van der Waals surface area contributed by atoms with Crippen molar-refractivity contribution in [2.45, 2.75) is 6.92 Å². The van der Waals surface area contributed by atoms with Crippen LogP contribution in [0.3, 0.4) is 0 Å². The number of benzene rings is 1. The lowest BCUT2D eigenvalue weighted by molar-refractivity contribution is 0.0997. The molecule has 0 saturated heterocycles. The second kappa shape index (κ2) is 5.49. The molecule has 0 aliphatic carbocycles. The third kappa shape index (κ3) is 3.00. The predicted molar refractivity (Wildman–Crippen MR) is 78.9 cm³/mol. The van der Waals surface area contributed by atoms with Crippen molar-refractivity contribution in [1.29, 1.82) is 0 Å². The minimum atomic E-state index is -0.432. The van der Waals surface area contributed by atoms with Gasteiger partial charge in [0.05, 0.1) is 5.01 Å². The van der Waals surface area contributed by atoms with Crippen molar-refractivity contribution < 1.29 is 13.6 Å². The molecule has 1 aromatic carbocycles. The lowest BCUT2D eigenvalue weighted by Gasteiger charge is -2.02. The largest absolute Gasteiger partial charge is 0.449 e. The Hall–Kier alpha value is -2.47. The summed E-state index contributed by atoms with van der Waals surface area (Å²) in [5, 5.41) is 5.37. The SMILES string of the molecule is Cc1nc(-c2ccc(C(=O)Nc3cccc(F)c3)o2)cs1. The first-order valence-corrected chi connectivity index (χ1v) is 7.09. The molecular formula is C15H11FN2O2S. The molecule has 1 N–H and O–H groups in total. The van der Waals surface area contributed by atoms with Crippen LogP contribution in [0.4, 0.5) is 10.1 Å². The van der Waals surface area contributed by atoms with E-state index >= 15 is 0 Å². The fourth-order valence-corrected chi connectivity index (χ4v) is 2.44. The van der Waals surface area contributed by atoms with Crippen molar-refractivity contribution in [3.8, 4) is 11.5 Å². The summed E-state index contributed by atoms with van der Waals surface area (Å²) in [6, 6.07) is 8.94. The van der Waals surface area contributed by atoms with E-state index < -0.39 is 11.7 Å². The van der Waals surface area contributed by atoms with E-state index in [1.165, 1.54) is 29.5 Å². The lowest BCUT2D eigenvalue weighted by atomic mass is 10.3. The number of nitrogens with one attached hydrogen (secondary N) is 1. The van der Waals surface area contributed by atoms with Crippen LogP contribution in [0.1, 0.15) is 15.6 Å². The highest BCUT2D eigenvalue weighted by Gasteiger charge is 2.14. The fraction of sp³-hybridized carbons (Fsp3) is 0.0667. The van der Waals surface area contributed by atoms with Crippen molar-refractivity contribution in [1.82, 2.24) is 4.98 Å². The first kappa shape index (κ1) is 13.5. The van der Waals surface area contributed by atoms with Crippen LogP contribution in [0.15, 0.2) is 46.2 Å². The number of carbonyl (C=O) groups excluding carboxylic acids is 1. The molecule has 21 heavy (non-hydrogen) atoms. The quantitative estimate of drug-likeness (QED) is 0.792. The van der Waals surface area contributed by atoms with Crippen molar-refractivity contribution in [2.24, 2.45) is 0 Å². The van der Waals surface area contributed by atoms with Crippen LogP contribution in [-0.4, -0.2) is 10.9 Å². The van der Waals surface area contributed by atoms with Crippen molar-refractivity contribution in [3.05, 3.63) is 58.4 Å². The van der Waals surface area contributed by atoms with E-state index in [1.807, 2.05) is 12.3 Å². The Labute approximate surface area is 124 Å². The van der Waals surface area contributed by atoms with E-state index in [0.717, 1.165) is 5.01 Å². The highest BCUT2D eigenvalue weighted by Crippen LogP contribution is 2.24. The summed E-state index contributed by atoms with van der Waals surface area (Å²) in [5.74, 6) is -0.159. The molecule has 0 fully saturated rings. The number of hydrogen-bond acceptors (Lipinski definition) is 4. The molecule has 4 nitrogen and oxygen atoms in total. The van der Waals surface area contributed by atoms with Crippen molar-refractivity contribution in [2.75, 3.05) is 5.32 Å². The van der Waals surface area contributed by atoms with Gasteiger partial charge in [-0.15, -0.1) is 11.3 Å². The summed E-state index contributed by atoms with van der Waals surface area (Å²) in [4.78, 5) is 16.3. The molecule has 106 valence electrons. The monoisotopic (exact) mass is 302 g/mol. The smallest absolute Gasteiger partial charge is 0.291 e. The van der Waals surface area contributed by atoms with E-state index in [9.17, 15) is 9.18 Å². The fourth-order valence-electron chi connectivity index (χ4n) is 1.83. The maximum Gasteiger partial charge on any atom is 0.291 e. The summed E-state index contributed by atoms with van der Waals surface area (Å²) >= 11 is 1.51. The van der Waals surface area contributed by atoms with Gasteiger partial charge < -0.3 is 9.73 Å². The third-order valence-corrected chi connectivity index (χ3v) is 3.56. The Balaban J connectivity index is 1.78. The van der Waals surface area contributed by atoms with Crippen LogP contribution >= 0.6 is 11.3 Å². The molecule has 2 heterocycles. The van der Waals surface area contributed by atoms with Crippen LogP contribution in [-0.2, 0) is 0 Å². The van der Waals surface area contributed by atoms with E-state index in [4.69, 9.17) is 4.42 Å². The Morgan fingerprint density at radius 1 is 1.33 bits per heavy atom. The average Bonchev–Trinajstić information content (AvgIpc) is 3.07. The highest BCUT2D eigenvalue weighted by atomic mass is 32.1. The number of amides is 1. The van der Waals surface area contributed by atoms with Crippen molar-refractivity contribution in [3.63, 3.8) is 0 Å². The number of anilines is 1. The molecule has 3 aromatic rings. The maximum atomic E-state index is 13.1. The van der Waals surface area contributed by atoms with Gasteiger partial charge in [0.25, 0.3) is 5.91 Å². The van der Waals surface area contributed by atoms with Crippen molar-refractivity contribution >= 4 is 22.9 Å². The summed E-state index contributed by atoms with van der Waals surface area (Å²) in [6.07, 6.45) is 0. The topological polar surface area (TPSA) is 55.1 Å². The van der Waals surface area contributed by atoms with Gasteiger partial charge in [-0.1, -0.05) is 6.07 Å². The Morgan fingerprint density at radius 3 is 2.90 bits per heavy atom. The van der Waals surface area contributed by atoms with E-state index in [2.05, 4.69) is 10.3 Å². The van der Waals surface area contributed by atoms with E-state index in [1.54, 1.807) is 18.2 Å². The number of thiazole rings is 1. The standard InChI is InChI=1S/C15H11FN2O2S/c1-9-17-12(8-21-9)13-5-6-14(20-13)15(19)18-11-4-2-3-10(16)7-11/h2-8H,1H3,(H,18,19). The molecule has 6 heteroatoms. The zero-order valence-electron chi connectivity index (χ0n) is 11.1. The molecular weight excluding hydrogens is 291 g/mol. The third-order valence-electron chi connectivity index (χ3n) is 2.78. The van der Waals surface area contributed by atoms with Crippen LogP contribution in [0, 0.1) is 12.7 Å². The van der Waals surface area contributed by atoms with Gasteiger partial charge in [-0.05, 0) is 37.3 Å². The van der Waals surface area contributed by atoms with Gasteiger partial charge >= 0.3 is 0 Å². The second-order valence-corrected chi connectivity index (χ2v) is 5.44. The van der Waals surface area contributed by atoms with Crippen LogP contribution in [0.2, 0.25) is 0 Å². The zero-order chi connectivity index (χ0) is 14.8. The molecule has 0 atom stereocenters. The highest BCUT2D eigenvalue weighted by molar-refractivity contribution is 7.09. The molecule has 0 spiro atoms. The van der Waals surface area contributed by atoms with Crippen LogP contribution in [0.5, 0.6) is 0 Å². The molecule has 0 unspecified atom stereocenters. The van der Waals surface area contributed by atoms with Gasteiger partial charge in [0.2, 0.25) is 0 Å². The van der Waals surface area contributed by atoms with Crippen LogP contribution < -0.4 is 5.32 Å². The second-order valence-electron chi connectivity index (χ2n) is 4.38. The van der Waals surface area contributed by atoms with Gasteiger partial charge in [0.1, 0.15) is 11.5 Å². The van der Waals surface area contributed by atoms with Crippen LogP contribution in [0.25, 0.3) is 11.5 Å². The van der Waals surface area contributed by atoms with E-state index in [0.29, 0.717) is 17.1 Å². The molecule has 0 saturated carbocycles. The number of nitrogens with zero attached hydrogens (tertiary/aromatic N) is 1. The van der Waals surface area contributed by atoms with Gasteiger partial charge in [0.15, 0.2) is 11.5 Å². The Morgan fingerprint density at radius 2 is 2.19 bits per heavy atom. The number of hydrogen-bond donors (Lipinski definition) is 1. The summed E-state index contributed by atoms with van der Waals surface area (Å²) in [7, 11) is 0. The normalized spacial score (nSPS) is 10.6. The first-order chi connectivity index (χ1) is 10.1. The summed E-state index contributed by atoms with van der Waals surface area (Å²) in [6.45, 7) is 1.90. The molecule has 0 aliphatic rings. The molecule has 0 bridgehead atoms. The number of aromatic nitrogens is 1. The molecule has 1 amide bonds. The summed E-state index contributed by atoms with van der Waals surface area (Å²) < 4.78 is 18.6. The van der Waals surface area contributed by atoms with Gasteiger partial charge in [0, 0.05) is 11.1 Å². The average molecular weight is 302 g/mol. The summed E-state index contributed by atoms with van der Waals surface area (Å²) in [5.41, 5.74) is 1.07. The van der Waals surface area contributed by atoms with E-state index in [-0.39, 0.29) is 5.76 Å². The number of aryl methyl sites for hydroxylation is 1. The number of furan rings is 1. The maximum absolute atomic E-state index is 13.1. The zero-order valence-corrected chi connectivity index (χ0v) is 11.9. The molecule has 2 aromatic heterocycles. The predicted octanol–water partition coefficient (Wildman–Crippen LogP) is 4.10.